The van der Waals surface area contributed by atoms with Crippen LogP contribution in [0.1, 0.15) is 48.0 Å². The van der Waals surface area contributed by atoms with Gasteiger partial charge in [-0.1, -0.05) is 31.4 Å². The van der Waals surface area contributed by atoms with Gasteiger partial charge in [-0.15, -0.1) is 0 Å². The van der Waals surface area contributed by atoms with E-state index in [1.54, 1.807) is 24.3 Å². The molecule has 2 rings (SSSR count). The third-order valence-electron chi connectivity index (χ3n) is 3.76. The maximum Gasteiger partial charge on any atom is 0.251 e. The lowest BCUT2D eigenvalue weighted by atomic mass is 9.85. The van der Waals surface area contributed by atoms with Crippen LogP contribution in [0.15, 0.2) is 24.3 Å². The molecule has 1 aliphatic carbocycles. The van der Waals surface area contributed by atoms with Crippen LogP contribution >= 0.6 is 0 Å². The maximum absolute atomic E-state index is 11.9. The van der Waals surface area contributed by atoms with E-state index in [-0.39, 0.29) is 12.5 Å². The van der Waals surface area contributed by atoms with Crippen LogP contribution in [-0.2, 0) is 6.61 Å². The zero-order valence-electron chi connectivity index (χ0n) is 11.1. The van der Waals surface area contributed by atoms with E-state index >= 15 is 0 Å². The average Bonchev–Trinajstić information content (AvgIpc) is 2.46. The lowest BCUT2D eigenvalue weighted by Crippen LogP contribution is -2.44. The molecule has 0 saturated heterocycles. The summed E-state index contributed by atoms with van der Waals surface area (Å²) in [5, 5.41) is 22.0. The number of carbonyl (C=O) groups excluding carboxylic acids is 1. The lowest BCUT2D eigenvalue weighted by molar-refractivity contribution is 0.00526. The minimum Gasteiger partial charge on any atom is -0.392 e. The van der Waals surface area contributed by atoms with E-state index in [1.807, 2.05) is 0 Å². The molecule has 1 aromatic rings. The second kappa shape index (κ2) is 6.17. The largest absolute Gasteiger partial charge is 0.392 e. The highest BCUT2D eigenvalue weighted by atomic mass is 16.3. The van der Waals surface area contributed by atoms with E-state index in [9.17, 15) is 9.90 Å². The number of nitrogens with one attached hydrogen (secondary N) is 1. The topological polar surface area (TPSA) is 69.6 Å². The van der Waals surface area contributed by atoms with E-state index in [0.29, 0.717) is 12.1 Å². The highest BCUT2D eigenvalue weighted by Gasteiger charge is 2.29. The quantitative estimate of drug-likeness (QED) is 0.773. The van der Waals surface area contributed by atoms with Gasteiger partial charge in [-0.25, -0.2) is 0 Å². The number of carbonyl (C=O) groups is 1. The van der Waals surface area contributed by atoms with E-state index in [4.69, 9.17) is 5.11 Å². The van der Waals surface area contributed by atoms with Crippen LogP contribution < -0.4 is 5.32 Å². The molecule has 3 N–H and O–H groups in total. The molecule has 0 radical (unpaired) electrons. The Morgan fingerprint density at radius 3 is 2.37 bits per heavy atom. The Hall–Kier alpha value is -1.39. The molecule has 0 unspecified atom stereocenters. The van der Waals surface area contributed by atoms with Crippen molar-refractivity contribution in [1.82, 2.24) is 5.32 Å². The third-order valence-corrected chi connectivity index (χ3v) is 3.76. The highest BCUT2D eigenvalue weighted by Crippen LogP contribution is 2.27. The first kappa shape index (κ1) is 14.0. The van der Waals surface area contributed by atoms with Crippen molar-refractivity contribution in [2.75, 3.05) is 6.54 Å². The molecule has 0 spiro atoms. The summed E-state index contributed by atoms with van der Waals surface area (Å²) in [5.74, 6) is -0.177. The van der Waals surface area contributed by atoms with Crippen molar-refractivity contribution >= 4 is 5.91 Å². The monoisotopic (exact) mass is 263 g/mol. The summed E-state index contributed by atoms with van der Waals surface area (Å²) >= 11 is 0. The summed E-state index contributed by atoms with van der Waals surface area (Å²) in [5.41, 5.74) is 0.595. The first-order chi connectivity index (χ1) is 9.13. The van der Waals surface area contributed by atoms with E-state index < -0.39 is 5.60 Å². The SMILES string of the molecule is O=C(NCC1(O)CCCCC1)c1ccc(CO)cc1. The second-order valence-electron chi connectivity index (χ2n) is 5.32. The Balaban J connectivity index is 1.89. The van der Waals surface area contributed by atoms with Gasteiger partial charge in [0.25, 0.3) is 5.91 Å². The predicted molar refractivity (Wildman–Crippen MR) is 72.7 cm³/mol. The average molecular weight is 263 g/mol. The van der Waals surface area contributed by atoms with Crippen LogP contribution in [0.4, 0.5) is 0 Å². The lowest BCUT2D eigenvalue weighted by Gasteiger charge is -2.32. The molecule has 0 aromatic heterocycles. The molecular formula is C15H21NO3. The van der Waals surface area contributed by atoms with E-state index in [1.165, 1.54) is 6.42 Å². The van der Waals surface area contributed by atoms with Gasteiger partial charge in [-0.3, -0.25) is 4.79 Å². The first-order valence-corrected chi connectivity index (χ1v) is 6.83. The molecule has 1 saturated carbocycles. The fourth-order valence-electron chi connectivity index (χ4n) is 2.50. The number of benzene rings is 1. The van der Waals surface area contributed by atoms with Crippen LogP contribution in [0, 0.1) is 0 Å². The summed E-state index contributed by atoms with van der Waals surface area (Å²) < 4.78 is 0. The molecule has 0 heterocycles. The number of hydrogen-bond donors (Lipinski definition) is 3. The fraction of sp³-hybridized carbons (Fsp3) is 0.533. The predicted octanol–water partition coefficient (Wildman–Crippen LogP) is 1.60. The molecule has 4 heteroatoms. The Kier molecular flexibility index (Phi) is 4.56. The van der Waals surface area contributed by atoms with E-state index in [0.717, 1.165) is 31.2 Å². The van der Waals surface area contributed by atoms with Crippen molar-refractivity contribution < 1.29 is 15.0 Å². The number of hydrogen-bond acceptors (Lipinski definition) is 3. The number of amides is 1. The Morgan fingerprint density at radius 1 is 1.16 bits per heavy atom. The molecule has 1 fully saturated rings. The standard InChI is InChI=1S/C15H21NO3/c17-10-12-4-6-13(7-5-12)14(18)16-11-15(19)8-2-1-3-9-15/h4-7,17,19H,1-3,8-11H2,(H,16,18). The van der Waals surface area contributed by atoms with Gasteiger partial charge in [-0.05, 0) is 30.5 Å². The van der Waals surface area contributed by atoms with Gasteiger partial charge in [-0.2, -0.15) is 0 Å². The zero-order valence-corrected chi connectivity index (χ0v) is 11.1. The third kappa shape index (κ3) is 3.78. The van der Waals surface area contributed by atoms with Crippen molar-refractivity contribution in [2.45, 2.75) is 44.3 Å². The van der Waals surface area contributed by atoms with Gasteiger partial charge in [0.05, 0.1) is 12.2 Å². The fourth-order valence-corrected chi connectivity index (χ4v) is 2.50. The van der Waals surface area contributed by atoms with Crippen LogP contribution in [0.25, 0.3) is 0 Å². The molecule has 0 aliphatic heterocycles. The van der Waals surface area contributed by atoms with Crippen molar-refractivity contribution in [1.29, 1.82) is 0 Å². The summed E-state index contributed by atoms with van der Waals surface area (Å²) in [6.07, 6.45) is 4.74. The minimum atomic E-state index is -0.737. The van der Waals surface area contributed by atoms with Crippen molar-refractivity contribution in [3.8, 4) is 0 Å². The number of aliphatic hydroxyl groups is 2. The molecule has 1 aromatic carbocycles. The second-order valence-corrected chi connectivity index (χ2v) is 5.32. The van der Waals surface area contributed by atoms with Gasteiger partial charge < -0.3 is 15.5 Å². The molecule has 4 nitrogen and oxygen atoms in total. The summed E-state index contributed by atoms with van der Waals surface area (Å²) in [4.78, 5) is 11.9. The van der Waals surface area contributed by atoms with Crippen LogP contribution in [0.5, 0.6) is 0 Å². The Bertz CT molecular complexity index is 422. The molecule has 1 aliphatic rings. The summed E-state index contributed by atoms with van der Waals surface area (Å²) in [7, 11) is 0. The number of rotatable bonds is 4. The van der Waals surface area contributed by atoms with Gasteiger partial charge >= 0.3 is 0 Å². The summed E-state index contributed by atoms with van der Waals surface area (Å²) in [6, 6.07) is 6.83. The normalized spacial score (nSPS) is 18.0. The van der Waals surface area contributed by atoms with Crippen molar-refractivity contribution in [2.24, 2.45) is 0 Å². The minimum absolute atomic E-state index is 0.0261. The van der Waals surface area contributed by atoms with Gasteiger partial charge in [0.15, 0.2) is 0 Å². The maximum atomic E-state index is 11.9. The van der Waals surface area contributed by atoms with Gasteiger partial charge in [0.2, 0.25) is 0 Å². The van der Waals surface area contributed by atoms with Crippen molar-refractivity contribution in [3.63, 3.8) is 0 Å². The first-order valence-electron chi connectivity index (χ1n) is 6.83. The van der Waals surface area contributed by atoms with Crippen LogP contribution in [0.3, 0.4) is 0 Å². The molecule has 19 heavy (non-hydrogen) atoms. The highest BCUT2D eigenvalue weighted by molar-refractivity contribution is 5.94. The van der Waals surface area contributed by atoms with E-state index in [2.05, 4.69) is 5.32 Å². The summed E-state index contributed by atoms with van der Waals surface area (Å²) in [6.45, 7) is 0.287. The Morgan fingerprint density at radius 2 is 1.79 bits per heavy atom. The van der Waals surface area contributed by atoms with Gasteiger partial charge in [0.1, 0.15) is 0 Å². The molecule has 1 amide bonds. The molecular weight excluding hydrogens is 242 g/mol. The zero-order chi connectivity index (χ0) is 13.7. The van der Waals surface area contributed by atoms with Crippen LogP contribution in [0.2, 0.25) is 0 Å². The molecule has 0 atom stereocenters. The molecule has 0 bridgehead atoms. The molecule has 104 valence electrons. The van der Waals surface area contributed by atoms with Gasteiger partial charge in [0, 0.05) is 12.1 Å². The van der Waals surface area contributed by atoms with Crippen molar-refractivity contribution in [3.05, 3.63) is 35.4 Å². The Labute approximate surface area is 113 Å². The van der Waals surface area contributed by atoms with Crippen LogP contribution in [-0.4, -0.2) is 28.3 Å². The smallest absolute Gasteiger partial charge is 0.251 e. The number of aliphatic hydroxyl groups excluding tert-OH is 1.